The Labute approximate surface area is 45.7 Å². The fourth-order valence-electron chi connectivity index (χ4n) is 0.148. The van der Waals surface area contributed by atoms with E-state index in [-0.39, 0.29) is 5.71 Å². The van der Waals surface area contributed by atoms with Gasteiger partial charge in [-0.25, -0.2) is 0 Å². The highest BCUT2D eigenvalue weighted by Crippen LogP contribution is 1.64. The third-order valence-corrected chi connectivity index (χ3v) is 0.419. The maximum Gasteiger partial charge on any atom is 0.199 e. The number of hydrogen-bond donors (Lipinski definition) is 2. The van der Waals surface area contributed by atoms with Gasteiger partial charge >= 0.3 is 0 Å². The summed E-state index contributed by atoms with van der Waals surface area (Å²) in [6.45, 7) is 0. The van der Waals surface area contributed by atoms with Crippen LogP contribution in [0.2, 0.25) is 0 Å². The van der Waals surface area contributed by atoms with Crippen LogP contribution in [-0.2, 0) is 0 Å². The molecule has 0 aromatic carbocycles. The Morgan fingerprint density at radius 3 is 2.62 bits per heavy atom. The molecular formula is C3H4N4O. The fourth-order valence-corrected chi connectivity index (χ4v) is 0.148. The third kappa shape index (κ3) is 1.77. The Balaban J connectivity index is 3.98. The van der Waals surface area contributed by atoms with E-state index < -0.39 is 0 Å². The van der Waals surface area contributed by atoms with E-state index in [1.54, 1.807) is 0 Å². The summed E-state index contributed by atoms with van der Waals surface area (Å²) in [6.07, 6.45) is 0.944. The number of hydrazone groups is 1. The van der Waals surface area contributed by atoms with Crippen molar-refractivity contribution in [3.05, 3.63) is 0 Å². The average Bonchev–Trinajstić information content (AvgIpc) is 1.83. The van der Waals surface area contributed by atoms with Crippen molar-refractivity contribution in [2.45, 2.75) is 0 Å². The van der Waals surface area contributed by atoms with Crippen LogP contribution in [0.4, 0.5) is 0 Å². The molecule has 5 heteroatoms. The van der Waals surface area contributed by atoms with E-state index in [4.69, 9.17) is 10.5 Å². The van der Waals surface area contributed by atoms with Gasteiger partial charge < -0.3 is 11.0 Å². The molecule has 0 amide bonds. The lowest BCUT2D eigenvalue weighted by Gasteiger charge is -1.75. The topological polar surface area (TPSA) is 94.8 Å². The Morgan fingerprint density at radius 1 is 1.88 bits per heavy atom. The Bertz CT molecular complexity index is 153. The van der Waals surface area contributed by atoms with Gasteiger partial charge in [-0.05, 0) is 0 Å². The second-order valence-corrected chi connectivity index (χ2v) is 0.875. The quantitative estimate of drug-likeness (QED) is 0.203. The van der Waals surface area contributed by atoms with Crippen molar-refractivity contribution >= 4 is 11.9 Å². The molecule has 0 radical (unpaired) electrons. The molecule has 8 heavy (non-hydrogen) atoms. The van der Waals surface area contributed by atoms with Gasteiger partial charge in [0.1, 0.15) is 6.07 Å². The molecule has 0 saturated heterocycles. The molecular weight excluding hydrogens is 108 g/mol. The summed E-state index contributed by atoms with van der Waals surface area (Å²) < 4.78 is 0. The van der Waals surface area contributed by atoms with Crippen LogP contribution in [-0.4, -0.2) is 17.1 Å². The van der Waals surface area contributed by atoms with Crippen LogP contribution in [0, 0.1) is 11.3 Å². The molecule has 0 saturated carbocycles. The summed E-state index contributed by atoms with van der Waals surface area (Å²) in [5, 5.41) is 21.3. The molecule has 0 unspecified atom stereocenters. The summed E-state index contributed by atoms with van der Waals surface area (Å²) in [7, 11) is 0. The second kappa shape index (κ2) is 3.61. The Hall–Kier alpha value is -1.57. The molecule has 5 nitrogen and oxygen atoms in total. The van der Waals surface area contributed by atoms with Crippen molar-refractivity contribution in [3.63, 3.8) is 0 Å². The molecule has 0 aromatic rings. The van der Waals surface area contributed by atoms with Gasteiger partial charge in [0.15, 0.2) is 5.71 Å². The number of nitriles is 1. The summed E-state index contributed by atoms with van der Waals surface area (Å²) in [5.74, 6) is 4.61. The lowest BCUT2D eigenvalue weighted by molar-refractivity contribution is 0.321. The van der Waals surface area contributed by atoms with Crippen LogP contribution in [0.15, 0.2) is 10.3 Å². The lowest BCUT2D eigenvalue weighted by Crippen LogP contribution is -1.97. The summed E-state index contributed by atoms with van der Waals surface area (Å²) >= 11 is 0. The maximum absolute atomic E-state index is 7.97. The van der Waals surface area contributed by atoms with E-state index in [9.17, 15) is 0 Å². The zero-order chi connectivity index (χ0) is 6.41. The van der Waals surface area contributed by atoms with E-state index >= 15 is 0 Å². The molecule has 0 aliphatic heterocycles. The molecule has 0 bridgehead atoms. The molecule has 0 atom stereocenters. The van der Waals surface area contributed by atoms with Gasteiger partial charge in [0.25, 0.3) is 0 Å². The first-order chi connectivity index (χ1) is 3.85. The van der Waals surface area contributed by atoms with Gasteiger partial charge in [-0.15, -0.1) is 0 Å². The first-order valence-electron chi connectivity index (χ1n) is 1.70. The number of nitrogens with two attached hydrogens (primary N) is 1. The van der Waals surface area contributed by atoms with Crippen molar-refractivity contribution in [3.8, 4) is 6.07 Å². The Kier molecular flexibility index (Phi) is 2.90. The monoisotopic (exact) mass is 112 g/mol. The molecule has 0 aliphatic rings. The lowest BCUT2D eigenvalue weighted by atomic mass is 10.5. The molecule has 0 aliphatic carbocycles. The standard InChI is InChI=1S/C3H4N4O/c4-1-3(7-8)2-6-5/h2,8H,5H2/b6-2+,7-3-. The fraction of sp³-hybridized carbons (Fsp3) is 0. The van der Waals surface area contributed by atoms with Crippen LogP contribution in [0.3, 0.4) is 0 Å². The summed E-state index contributed by atoms with van der Waals surface area (Å²) in [6, 6.07) is 1.52. The number of oxime groups is 1. The molecule has 0 spiro atoms. The second-order valence-electron chi connectivity index (χ2n) is 0.875. The zero-order valence-corrected chi connectivity index (χ0v) is 3.94. The SMILES string of the molecule is N#CC(/C=N/N)=N/O. The molecule has 0 aromatic heterocycles. The predicted octanol–water partition coefficient (Wildman–Crippen LogP) is -0.715. The normalized spacial score (nSPS) is 11.6. The summed E-state index contributed by atoms with van der Waals surface area (Å²) in [4.78, 5) is 0. The Morgan fingerprint density at radius 2 is 2.50 bits per heavy atom. The first kappa shape index (κ1) is 6.43. The van der Waals surface area contributed by atoms with Crippen LogP contribution >= 0.6 is 0 Å². The highest BCUT2D eigenvalue weighted by Gasteiger charge is 1.86. The number of nitrogens with zero attached hydrogens (tertiary/aromatic N) is 3. The minimum absolute atomic E-state index is 0.215. The van der Waals surface area contributed by atoms with E-state index in [1.807, 2.05) is 0 Å². The van der Waals surface area contributed by atoms with Crippen molar-refractivity contribution in [2.24, 2.45) is 16.1 Å². The van der Waals surface area contributed by atoms with Gasteiger partial charge in [-0.3, -0.25) is 0 Å². The van der Waals surface area contributed by atoms with Crippen molar-refractivity contribution in [1.82, 2.24) is 0 Å². The van der Waals surface area contributed by atoms with Crippen LogP contribution in [0.5, 0.6) is 0 Å². The third-order valence-electron chi connectivity index (χ3n) is 0.419. The van der Waals surface area contributed by atoms with Crippen molar-refractivity contribution < 1.29 is 5.21 Å². The van der Waals surface area contributed by atoms with Gasteiger partial charge in [0, 0.05) is 0 Å². The predicted molar refractivity (Wildman–Crippen MR) is 27.5 cm³/mol. The summed E-state index contributed by atoms with van der Waals surface area (Å²) in [5.41, 5.74) is -0.215. The highest BCUT2D eigenvalue weighted by molar-refractivity contribution is 6.37. The smallest absolute Gasteiger partial charge is 0.199 e. The van der Waals surface area contributed by atoms with Crippen molar-refractivity contribution in [2.75, 3.05) is 0 Å². The highest BCUT2D eigenvalue weighted by atomic mass is 16.4. The van der Waals surface area contributed by atoms with Gasteiger partial charge in [-0.2, -0.15) is 10.4 Å². The van der Waals surface area contributed by atoms with E-state index in [0.29, 0.717) is 0 Å². The van der Waals surface area contributed by atoms with Gasteiger partial charge in [0.2, 0.25) is 0 Å². The molecule has 0 heterocycles. The molecule has 3 N–H and O–H groups in total. The van der Waals surface area contributed by atoms with Gasteiger partial charge in [0.05, 0.1) is 6.21 Å². The van der Waals surface area contributed by atoms with Gasteiger partial charge in [-0.1, -0.05) is 5.16 Å². The molecule has 0 fully saturated rings. The van der Waals surface area contributed by atoms with E-state index in [0.717, 1.165) is 6.21 Å². The van der Waals surface area contributed by atoms with E-state index in [2.05, 4.69) is 16.1 Å². The molecule has 42 valence electrons. The zero-order valence-electron chi connectivity index (χ0n) is 3.94. The maximum atomic E-state index is 7.97. The average molecular weight is 112 g/mol. The van der Waals surface area contributed by atoms with Crippen LogP contribution < -0.4 is 5.84 Å². The molecule has 0 rings (SSSR count). The first-order valence-corrected chi connectivity index (χ1v) is 1.70. The van der Waals surface area contributed by atoms with Crippen LogP contribution in [0.1, 0.15) is 0 Å². The van der Waals surface area contributed by atoms with Crippen LogP contribution in [0.25, 0.3) is 0 Å². The minimum Gasteiger partial charge on any atom is -0.410 e. The largest absolute Gasteiger partial charge is 0.410 e. The number of rotatable bonds is 1. The number of hydrogen-bond acceptors (Lipinski definition) is 5. The minimum atomic E-state index is -0.215. The van der Waals surface area contributed by atoms with Crippen molar-refractivity contribution in [1.29, 1.82) is 5.26 Å². The van der Waals surface area contributed by atoms with E-state index in [1.165, 1.54) is 6.07 Å².